The molecule has 2 aromatic rings. The molecular weight excluding hydrogens is 415 g/mol. The summed E-state index contributed by atoms with van der Waals surface area (Å²) in [4.78, 5) is 26.4. The number of H-pyrrole nitrogens is 1. The Morgan fingerprint density at radius 1 is 1.26 bits per heavy atom. The number of alkyl halides is 1. The molecule has 0 amide bonds. The maximum absolute atomic E-state index is 12.1. The van der Waals surface area contributed by atoms with Crippen molar-refractivity contribution in [2.75, 3.05) is 6.61 Å². The van der Waals surface area contributed by atoms with Crippen molar-refractivity contribution in [2.45, 2.75) is 22.4 Å². The van der Waals surface area contributed by atoms with Gasteiger partial charge in [-0.15, -0.1) is 0 Å². The first-order chi connectivity index (χ1) is 11.0. The van der Waals surface area contributed by atoms with Crippen molar-refractivity contribution in [1.29, 1.82) is 0 Å². The highest BCUT2D eigenvalue weighted by Gasteiger charge is 2.43. The Kier molecular flexibility index (Phi) is 4.67. The summed E-state index contributed by atoms with van der Waals surface area (Å²) in [6.07, 6.45) is -1.12. The van der Waals surface area contributed by atoms with Crippen LogP contribution in [0.25, 0.3) is 11.1 Å². The van der Waals surface area contributed by atoms with Gasteiger partial charge in [-0.1, -0.05) is 52.9 Å². The molecule has 0 radical (unpaired) electrons. The van der Waals surface area contributed by atoms with Crippen LogP contribution in [-0.4, -0.2) is 42.5 Å². The van der Waals surface area contributed by atoms with Gasteiger partial charge in [0, 0.05) is 6.20 Å². The minimum Gasteiger partial charge on any atom is -0.394 e. The number of hydrogen-bond acceptors (Lipinski definition) is 5. The van der Waals surface area contributed by atoms with Crippen molar-refractivity contribution >= 4 is 22.6 Å². The number of ether oxygens (including phenoxy) is 1. The van der Waals surface area contributed by atoms with E-state index in [4.69, 9.17) is 4.74 Å². The monoisotopic (exact) mass is 430 g/mol. The molecule has 2 heterocycles. The number of halogens is 1. The number of benzene rings is 1. The van der Waals surface area contributed by atoms with Gasteiger partial charge in [0.2, 0.25) is 0 Å². The minimum absolute atomic E-state index is 0.259. The Balaban J connectivity index is 2.08. The molecule has 1 unspecified atom stereocenters. The van der Waals surface area contributed by atoms with Crippen LogP contribution >= 0.6 is 22.6 Å². The second-order valence-electron chi connectivity index (χ2n) is 5.26. The average Bonchev–Trinajstić information content (AvgIpc) is 2.84. The topological polar surface area (TPSA) is 105 Å². The van der Waals surface area contributed by atoms with Gasteiger partial charge in [0.25, 0.3) is 5.56 Å². The molecule has 122 valence electrons. The van der Waals surface area contributed by atoms with Crippen molar-refractivity contribution in [3.05, 3.63) is 57.4 Å². The predicted octanol–water partition coefficient (Wildman–Crippen LogP) is 0.258. The summed E-state index contributed by atoms with van der Waals surface area (Å²) in [6.45, 7) is -0.259. The molecule has 1 aromatic heterocycles. The van der Waals surface area contributed by atoms with Gasteiger partial charge in [-0.2, -0.15) is 0 Å². The smallest absolute Gasteiger partial charge is 0.330 e. The molecule has 1 aromatic carbocycles. The molecule has 0 aliphatic carbocycles. The molecule has 1 aliphatic heterocycles. The maximum Gasteiger partial charge on any atom is 0.330 e. The number of nitrogens with one attached hydrogen (secondary N) is 1. The third-order valence-electron chi connectivity index (χ3n) is 3.79. The zero-order valence-electron chi connectivity index (χ0n) is 11.9. The van der Waals surface area contributed by atoms with Gasteiger partial charge in [-0.3, -0.25) is 14.3 Å². The van der Waals surface area contributed by atoms with Crippen LogP contribution in [0, 0.1) is 0 Å². The summed E-state index contributed by atoms with van der Waals surface area (Å²) in [7, 11) is 0. The van der Waals surface area contributed by atoms with E-state index >= 15 is 0 Å². The number of aromatic nitrogens is 2. The van der Waals surface area contributed by atoms with Crippen LogP contribution in [0.1, 0.15) is 6.23 Å². The molecule has 8 heteroatoms. The van der Waals surface area contributed by atoms with Crippen molar-refractivity contribution in [2.24, 2.45) is 0 Å². The zero-order valence-corrected chi connectivity index (χ0v) is 14.1. The number of aromatic amines is 1. The first-order valence-electron chi connectivity index (χ1n) is 7.02. The summed E-state index contributed by atoms with van der Waals surface area (Å²) in [5.41, 5.74) is -0.214. The molecule has 7 nitrogen and oxygen atoms in total. The molecule has 0 spiro atoms. The highest BCUT2D eigenvalue weighted by Crippen LogP contribution is 2.33. The second-order valence-corrected chi connectivity index (χ2v) is 6.70. The van der Waals surface area contributed by atoms with E-state index in [0.29, 0.717) is 11.1 Å². The molecule has 1 fully saturated rings. The van der Waals surface area contributed by atoms with Crippen LogP contribution in [0.3, 0.4) is 0 Å². The first kappa shape index (κ1) is 16.4. The summed E-state index contributed by atoms with van der Waals surface area (Å²) >= 11 is 1.98. The SMILES string of the molecule is O=c1[nH]c(=O)n([C@@H]2O[C@H](CO)C(I)[C@H]2O)cc1-c1ccccc1. The van der Waals surface area contributed by atoms with Crippen LogP contribution in [0.15, 0.2) is 46.1 Å². The van der Waals surface area contributed by atoms with Crippen molar-refractivity contribution in [3.8, 4) is 11.1 Å². The molecule has 3 rings (SSSR count). The number of aliphatic hydroxyl groups is 2. The lowest BCUT2D eigenvalue weighted by atomic mass is 10.1. The van der Waals surface area contributed by atoms with E-state index in [2.05, 4.69) is 4.98 Å². The van der Waals surface area contributed by atoms with Crippen LogP contribution in [0.2, 0.25) is 0 Å². The fourth-order valence-corrected chi connectivity index (χ4v) is 3.34. The number of hydrogen-bond donors (Lipinski definition) is 3. The number of nitrogens with zero attached hydrogens (tertiary/aromatic N) is 1. The molecule has 4 atom stereocenters. The third kappa shape index (κ3) is 2.99. The highest BCUT2D eigenvalue weighted by molar-refractivity contribution is 14.1. The average molecular weight is 430 g/mol. The van der Waals surface area contributed by atoms with Crippen molar-refractivity contribution in [1.82, 2.24) is 9.55 Å². The van der Waals surface area contributed by atoms with Gasteiger partial charge in [-0.25, -0.2) is 4.79 Å². The summed E-state index contributed by atoms with van der Waals surface area (Å²) in [5.74, 6) is 0. The fourth-order valence-electron chi connectivity index (χ4n) is 2.58. The molecule has 0 bridgehead atoms. The van der Waals surface area contributed by atoms with Gasteiger partial charge >= 0.3 is 5.69 Å². The number of rotatable bonds is 3. The summed E-state index contributed by atoms with van der Waals surface area (Å²) in [6, 6.07) is 8.90. The standard InChI is InChI=1S/C15H15IN2O5/c16-11-10(7-19)23-14(12(11)20)18-6-9(13(21)17-15(18)22)8-4-2-1-3-5-8/h1-6,10-12,14,19-20H,7H2,(H,17,21,22)/t10-,11?,12-,14-/m1/s1. The van der Waals surface area contributed by atoms with Gasteiger partial charge in [0.15, 0.2) is 6.23 Å². The Labute approximate surface area is 144 Å². The maximum atomic E-state index is 12.1. The van der Waals surface area contributed by atoms with Crippen molar-refractivity contribution in [3.63, 3.8) is 0 Å². The van der Waals surface area contributed by atoms with Gasteiger partial charge in [-0.05, 0) is 5.56 Å². The highest BCUT2D eigenvalue weighted by atomic mass is 127. The second kappa shape index (κ2) is 6.56. The third-order valence-corrected chi connectivity index (χ3v) is 5.33. The Morgan fingerprint density at radius 3 is 2.57 bits per heavy atom. The van der Waals surface area contributed by atoms with E-state index in [9.17, 15) is 19.8 Å². The summed E-state index contributed by atoms with van der Waals surface area (Å²) < 4.78 is 6.37. The van der Waals surface area contributed by atoms with E-state index in [1.54, 1.807) is 24.3 Å². The first-order valence-corrected chi connectivity index (χ1v) is 8.27. The van der Waals surface area contributed by atoms with Crippen LogP contribution < -0.4 is 11.2 Å². The molecular formula is C15H15IN2O5. The lowest BCUT2D eigenvalue weighted by Gasteiger charge is -2.18. The van der Waals surface area contributed by atoms with Gasteiger partial charge < -0.3 is 14.9 Å². The molecule has 1 aliphatic rings. The summed E-state index contributed by atoms with van der Waals surface area (Å²) in [5, 5.41) is 19.6. The lowest BCUT2D eigenvalue weighted by molar-refractivity contribution is -0.0529. The quantitative estimate of drug-likeness (QED) is 0.479. The number of aliphatic hydroxyl groups excluding tert-OH is 2. The van der Waals surface area contributed by atoms with E-state index in [0.717, 1.165) is 4.57 Å². The van der Waals surface area contributed by atoms with Crippen LogP contribution in [0.5, 0.6) is 0 Å². The largest absolute Gasteiger partial charge is 0.394 e. The van der Waals surface area contributed by atoms with Crippen molar-refractivity contribution < 1.29 is 14.9 Å². The predicted molar refractivity (Wildman–Crippen MR) is 91.6 cm³/mol. The van der Waals surface area contributed by atoms with Gasteiger partial charge in [0.05, 0.1) is 22.2 Å². The zero-order chi connectivity index (χ0) is 16.6. The normalized spacial score (nSPS) is 27.3. The molecule has 3 N–H and O–H groups in total. The Hall–Kier alpha value is -1.49. The van der Waals surface area contributed by atoms with E-state index in [-0.39, 0.29) is 10.5 Å². The lowest BCUT2D eigenvalue weighted by Crippen LogP contribution is -2.37. The minimum atomic E-state index is -0.972. The molecule has 1 saturated heterocycles. The van der Waals surface area contributed by atoms with E-state index < -0.39 is 29.7 Å². The molecule has 23 heavy (non-hydrogen) atoms. The van der Waals surface area contributed by atoms with Crippen LogP contribution in [0.4, 0.5) is 0 Å². The van der Waals surface area contributed by atoms with Crippen LogP contribution in [-0.2, 0) is 4.74 Å². The Bertz CT molecular complexity index is 804. The van der Waals surface area contributed by atoms with E-state index in [1.807, 2.05) is 28.7 Å². The molecule has 0 saturated carbocycles. The van der Waals surface area contributed by atoms with Gasteiger partial charge in [0.1, 0.15) is 6.10 Å². The van der Waals surface area contributed by atoms with E-state index in [1.165, 1.54) is 6.20 Å². The fraction of sp³-hybridized carbons (Fsp3) is 0.333. The Morgan fingerprint density at radius 2 is 1.96 bits per heavy atom.